The van der Waals surface area contributed by atoms with E-state index < -0.39 is 0 Å². The van der Waals surface area contributed by atoms with E-state index in [9.17, 15) is 0 Å². The van der Waals surface area contributed by atoms with Crippen LogP contribution in [0.2, 0.25) is 0 Å². The van der Waals surface area contributed by atoms with Crippen LogP contribution in [0, 0.1) is 12.8 Å². The summed E-state index contributed by atoms with van der Waals surface area (Å²) in [5, 5.41) is 0. The van der Waals surface area contributed by atoms with E-state index in [0.29, 0.717) is 5.92 Å². The molecule has 0 aliphatic rings. The standard InChI is InChI=1S/C13H20BrN/c1-4-9(2)8-13(15)11-6-5-7-12(14)10(11)3/h5-7,9,13H,4,8,15H2,1-3H3. The Labute approximate surface area is 101 Å². The summed E-state index contributed by atoms with van der Waals surface area (Å²) in [6.07, 6.45) is 2.26. The molecule has 0 amide bonds. The molecule has 2 atom stereocenters. The Balaban J connectivity index is 2.82. The van der Waals surface area contributed by atoms with Crippen LogP contribution in [0.25, 0.3) is 0 Å². The number of rotatable bonds is 4. The maximum Gasteiger partial charge on any atom is 0.0300 e. The maximum absolute atomic E-state index is 6.22. The van der Waals surface area contributed by atoms with E-state index in [1.165, 1.54) is 17.5 Å². The highest BCUT2D eigenvalue weighted by atomic mass is 79.9. The second kappa shape index (κ2) is 5.66. The Morgan fingerprint density at radius 2 is 2.07 bits per heavy atom. The normalized spacial score (nSPS) is 15.0. The fourth-order valence-electron chi connectivity index (χ4n) is 1.75. The highest BCUT2D eigenvalue weighted by molar-refractivity contribution is 9.10. The van der Waals surface area contributed by atoms with Crippen molar-refractivity contribution >= 4 is 15.9 Å². The number of hydrogen-bond acceptors (Lipinski definition) is 1. The summed E-state index contributed by atoms with van der Waals surface area (Å²) >= 11 is 3.54. The Morgan fingerprint density at radius 1 is 1.40 bits per heavy atom. The first-order valence-corrected chi connectivity index (χ1v) is 6.36. The summed E-state index contributed by atoms with van der Waals surface area (Å²) in [6, 6.07) is 6.42. The third-order valence-electron chi connectivity index (χ3n) is 3.06. The van der Waals surface area contributed by atoms with Crippen molar-refractivity contribution in [1.82, 2.24) is 0 Å². The molecule has 0 spiro atoms. The predicted molar refractivity (Wildman–Crippen MR) is 69.9 cm³/mol. The molecule has 0 aromatic heterocycles. The lowest BCUT2D eigenvalue weighted by Crippen LogP contribution is -2.15. The molecule has 0 saturated carbocycles. The van der Waals surface area contributed by atoms with Crippen molar-refractivity contribution in [2.45, 2.75) is 39.7 Å². The van der Waals surface area contributed by atoms with E-state index in [4.69, 9.17) is 5.73 Å². The average molecular weight is 270 g/mol. The first-order chi connectivity index (χ1) is 7.06. The lowest BCUT2D eigenvalue weighted by Gasteiger charge is -2.18. The summed E-state index contributed by atoms with van der Waals surface area (Å²) in [5.41, 5.74) is 8.76. The van der Waals surface area contributed by atoms with Crippen LogP contribution < -0.4 is 5.73 Å². The van der Waals surface area contributed by atoms with Gasteiger partial charge in [0.15, 0.2) is 0 Å². The molecule has 1 aromatic rings. The summed E-state index contributed by atoms with van der Waals surface area (Å²) < 4.78 is 1.15. The molecule has 2 unspecified atom stereocenters. The molecule has 0 bridgehead atoms. The summed E-state index contributed by atoms with van der Waals surface area (Å²) in [6.45, 7) is 6.59. The molecule has 2 N–H and O–H groups in total. The molecule has 1 rings (SSSR count). The Bertz CT molecular complexity index is 322. The minimum Gasteiger partial charge on any atom is -0.324 e. The zero-order valence-corrected chi connectivity index (χ0v) is 11.3. The summed E-state index contributed by atoms with van der Waals surface area (Å²) in [5.74, 6) is 0.693. The van der Waals surface area contributed by atoms with Crippen LogP contribution in [-0.2, 0) is 0 Å². The second-order valence-corrected chi connectivity index (χ2v) is 5.16. The van der Waals surface area contributed by atoms with Gasteiger partial charge in [-0.3, -0.25) is 0 Å². The Hall–Kier alpha value is -0.340. The van der Waals surface area contributed by atoms with Crippen molar-refractivity contribution in [1.29, 1.82) is 0 Å². The van der Waals surface area contributed by atoms with Crippen molar-refractivity contribution in [2.75, 3.05) is 0 Å². The molecule has 0 radical (unpaired) electrons. The van der Waals surface area contributed by atoms with Crippen LogP contribution >= 0.6 is 15.9 Å². The van der Waals surface area contributed by atoms with Crippen LogP contribution in [0.5, 0.6) is 0 Å². The van der Waals surface area contributed by atoms with Crippen molar-refractivity contribution in [3.63, 3.8) is 0 Å². The van der Waals surface area contributed by atoms with Crippen LogP contribution in [0.3, 0.4) is 0 Å². The number of hydrogen-bond donors (Lipinski definition) is 1. The number of benzene rings is 1. The lowest BCUT2D eigenvalue weighted by atomic mass is 9.92. The van der Waals surface area contributed by atoms with Crippen LogP contribution in [0.15, 0.2) is 22.7 Å². The molecule has 84 valence electrons. The third kappa shape index (κ3) is 3.32. The van der Waals surface area contributed by atoms with E-state index in [1.807, 2.05) is 0 Å². The summed E-state index contributed by atoms with van der Waals surface area (Å²) in [4.78, 5) is 0. The van der Waals surface area contributed by atoms with Gasteiger partial charge < -0.3 is 5.73 Å². The maximum atomic E-state index is 6.22. The van der Waals surface area contributed by atoms with Crippen molar-refractivity contribution < 1.29 is 0 Å². The molecular weight excluding hydrogens is 250 g/mol. The second-order valence-electron chi connectivity index (χ2n) is 4.31. The molecule has 1 nitrogen and oxygen atoms in total. The Morgan fingerprint density at radius 3 is 2.67 bits per heavy atom. The molecule has 15 heavy (non-hydrogen) atoms. The quantitative estimate of drug-likeness (QED) is 0.872. The van der Waals surface area contributed by atoms with Crippen LogP contribution in [0.1, 0.15) is 43.9 Å². The van der Waals surface area contributed by atoms with E-state index in [2.05, 4.69) is 54.9 Å². The monoisotopic (exact) mass is 269 g/mol. The minimum atomic E-state index is 0.164. The van der Waals surface area contributed by atoms with E-state index in [0.717, 1.165) is 10.9 Å². The molecule has 2 heteroatoms. The predicted octanol–water partition coefficient (Wildman–Crippen LogP) is 4.19. The molecule has 0 heterocycles. The SMILES string of the molecule is CCC(C)CC(N)c1cccc(Br)c1C. The van der Waals surface area contributed by atoms with Gasteiger partial charge in [0.1, 0.15) is 0 Å². The fraction of sp³-hybridized carbons (Fsp3) is 0.538. The van der Waals surface area contributed by atoms with E-state index >= 15 is 0 Å². The molecule has 1 aromatic carbocycles. The van der Waals surface area contributed by atoms with Crippen molar-refractivity contribution in [2.24, 2.45) is 11.7 Å². The highest BCUT2D eigenvalue weighted by Gasteiger charge is 2.12. The van der Waals surface area contributed by atoms with E-state index in [1.54, 1.807) is 0 Å². The van der Waals surface area contributed by atoms with Gasteiger partial charge in [-0.25, -0.2) is 0 Å². The van der Waals surface area contributed by atoms with Crippen molar-refractivity contribution in [3.8, 4) is 0 Å². The van der Waals surface area contributed by atoms with Crippen molar-refractivity contribution in [3.05, 3.63) is 33.8 Å². The lowest BCUT2D eigenvalue weighted by molar-refractivity contribution is 0.460. The smallest absolute Gasteiger partial charge is 0.0300 e. The zero-order valence-electron chi connectivity index (χ0n) is 9.76. The van der Waals surface area contributed by atoms with Gasteiger partial charge in [-0.15, -0.1) is 0 Å². The largest absolute Gasteiger partial charge is 0.324 e. The van der Waals surface area contributed by atoms with Gasteiger partial charge in [0.05, 0.1) is 0 Å². The van der Waals surface area contributed by atoms with Crippen LogP contribution in [0.4, 0.5) is 0 Å². The Kier molecular flexibility index (Phi) is 4.81. The van der Waals surface area contributed by atoms with Crippen LogP contribution in [-0.4, -0.2) is 0 Å². The molecular formula is C13H20BrN. The molecule has 0 fully saturated rings. The minimum absolute atomic E-state index is 0.164. The van der Waals surface area contributed by atoms with Gasteiger partial charge in [0.2, 0.25) is 0 Å². The average Bonchev–Trinajstić information content (AvgIpc) is 2.21. The highest BCUT2D eigenvalue weighted by Crippen LogP contribution is 2.27. The van der Waals surface area contributed by atoms with E-state index in [-0.39, 0.29) is 6.04 Å². The van der Waals surface area contributed by atoms with Gasteiger partial charge in [-0.2, -0.15) is 0 Å². The van der Waals surface area contributed by atoms with Gasteiger partial charge in [-0.1, -0.05) is 48.3 Å². The molecule has 0 aliphatic carbocycles. The zero-order chi connectivity index (χ0) is 11.4. The first-order valence-electron chi connectivity index (χ1n) is 5.56. The van der Waals surface area contributed by atoms with Gasteiger partial charge in [-0.05, 0) is 36.5 Å². The van der Waals surface area contributed by atoms with Gasteiger partial charge in [0, 0.05) is 10.5 Å². The molecule has 0 saturated heterocycles. The first kappa shape index (κ1) is 12.7. The van der Waals surface area contributed by atoms with Gasteiger partial charge >= 0.3 is 0 Å². The topological polar surface area (TPSA) is 26.0 Å². The number of nitrogens with two attached hydrogens (primary N) is 1. The number of halogens is 1. The van der Waals surface area contributed by atoms with Gasteiger partial charge in [0.25, 0.3) is 0 Å². The third-order valence-corrected chi connectivity index (χ3v) is 3.92. The fourth-order valence-corrected chi connectivity index (χ4v) is 2.13. The molecule has 0 aliphatic heterocycles. The summed E-state index contributed by atoms with van der Waals surface area (Å²) in [7, 11) is 0.